The van der Waals surface area contributed by atoms with E-state index >= 15 is 0 Å². The summed E-state index contributed by atoms with van der Waals surface area (Å²) in [6, 6.07) is 1.23. The van der Waals surface area contributed by atoms with Crippen molar-refractivity contribution in [1.82, 2.24) is 4.72 Å². The van der Waals surface area contributed by atoms with Crippen LogP contribution in [0, 0.1) is 5.92 Å². The molecule has 0 unspecified atom stereocenters. The lowest BCUT2D eigenvalue weighted by Gasteiger charge is -2.20. The van der Waals surface area contributed by atoms with E-state index in [9.17, 15) is 21.6 Å². The van der Waals surface area contributed by atoms with Gasteiger partial charge in [0, 0.05) is 6.04 Å². The molecule has 0 aliphatic carbocycles. The molecule has 0 fully saturated rings. The molecule has 0 bridgehead atoms. The first kappa shape index (κ1) is 18.2. The second kappa shape index (κ2) is 6.51. The first-order valence-electron chi connectivity index (χ1n) is 5.99. The Morgan fingerprint density at radius 2 is 1.90 bits per heavy atom. The maximum atomic E-state index is 12.6. The zero-order valence-electron chi connectivity index (χ0n) is 11.3. The molecule has 120 valence electrons. The standard InChI is InChI=1S/C12H15ClF3NO3S/c1-7(2)10(6-18)17-21(19,20)11-5-8(12(14,15)16)3-4-9(11)13/h3-5,7,10,17-18H,6H2,1-2H3/t10-/m1/s1. The van der Waals surface area contributed by atoms with Crippen molar-refractivity contribution in [1.29, 1.82) is 0 Å². The van der Waals surface area contributed by atoms with Gasteiger partial charge in [-0.05, 0) is 24.1 Å². The van der Waals surface area contributed by atoms with E-state index in [-0.39, 0.29) is 10.9 Å². The van der Waals surface area contributed by atoms with Gasteiger partial charge in [-0.25, -0.2) is 13.1 Å². The first-order chi connectivity index (χ1) is 9.49. The van der Waals surface area contributed by atoms with Crippen LogP contribution in [0.25, 0.3) is 0 Å². The van der Waals surface area contributed by atoms with Crippen molar-refractivity contribution in [2.24, 2.45) is 5.92 Å². The fourth-order valence-corrected chi connectivity index (χ4v) is 3.43. The predicted octanol–water partition coefficient (Wildman–Crippen LogP) is 2.65. The second-order valence-corrected chi connectivity index (χ2v) is 6.89. The van der Waals surface area contributed by atoms with Crippen LogP contribution in [0.4, 0.5) is 13.2 Å². The molecule has 0 aliphatic rings. The number of aliphatic hydroxyl groups is 1. The molecule has 2 N–H and O–H groups in total. The van der Waals surface area contributed by atoms with Crippen LogP contribution in [0.5, 0.6) is 0 Å². The van der Waals surface area contributed by atoms with Crippen LogP contribution >= 0.6 is 11.6 Å². The summed E-state index contributed by atoms with van der Waals surface area (Å²) in [6.45, 7) is 2.85. The van der Waals surface area contributed by atoms with E-state index in [1.54, 1.807) is 13.8 Å². The van der Waals surface area contributed by atoms with Gasteiger partial charge in [0.25, 0.3) is 0 Å². The number of aliphatic hydroxyl groups excluding tert-OH is 1. The van der Waals surface area contributed by atoms with E-state index in [1.165, 1.54) is 0 Å². The molecular weight excluding hydrogens is 331 g/mol. The number of halogens is 4. The van der Waals surface area contributed by atoms with Crippen LogP contribution in [0.2, 0.25) is 5.02 Å². The molecule has 0 amide bonds. The third-order valence-corrected chi connectivity index (χ3v) is 4.83. The number of benzene rings is 1. The van der Waals surface area contributed by atoms with Gasteiger partial charge in [0.2, 0.25) is 10.0 Å². The van der Waals surface area contributed by atoms with Crippen molar-refractivity contribution in [3.05, 3.63) is 28.8 Å². The van der Waals surface area contributed by atoms with Gasteiger partial charge in [-0.3, -0.25) is 0 Å². The number of hydrogen-bond acceptors (Lipinski definition) is 3. The topological polar surface area (TPSA) is 66.4 Å². The Morgan fingerprint density at radius 1 is 1.33 bits per heavy atom. The van der Waals surface area contributed by atoms with Crippen molar-refractivity contribution < 1.29 is 26.7 Å². The highest BCUT2D eigenvalue weighted by Gasteiger charge is 2.33. The quantitative estimate of drug-likeness (QED) is 0.862. The van der Waals surface area contributed by atoms with E-state index < -0.39 is 39.3 Å². The number of hydrogen-bond donors (Lipinski definition) is 2. The zero-order valence-corrected chi connectivity index (χ0v) is 12.9. The molecule has 1 rings (SSSR count). The molecule has 0 aromatic heterocycles. The average Bonchev–Trinajstić information content (AvgIpc) is 2.34. The van der Waals surface area contributed by atoms with Gasteiger partial charge in [0.05, 0.1) is 17.2 Å². The Hall–Kier alpha value is -0.830. The lowest BCUT2D eigenvalue weighted by molar-refractivity contribution is -0.137. The fraction of sp³-hybridized carbons (Fsp3) is 0.500. The Labute approximate surface area is 126 Å². The molecule has 0 radical (unpaired) electrons. The highest BCUT2D eigenvalue weighted by atomic mass is 35.5. The molecule has 4 nitrogen and oxygen atoms in total. The Bertz CT molecular complexity index is 602. The molecule has 1 aromatic rings. The summed E-state index contributed by atoms with van der Waals surface area (Å²) in [6.07, 6.45) is -4.68. The molecule has 0 heterocycles. The smallest absolute Gasteiger partial charge is 0.395 e. The van der Waals surface area contributed by atoms with Crippen molar-refractivity contribution in [3.8, 4) is 0 Å². The van der Waals surface area contributed by atoms with Crippen LogP contribution in [-0.2, 0) is 16.2 Å². The highest BCUT2D eigenvalue weighted by molar-refractivity contribution is 7.89. The van der Waals surface area contributed by atoms with Crippen LogP contribution in [0.3, 0.4) is 0 Å². The molecular formula is C12H15ClF3NO3S. The lowest BCUT2D eigenvalue weighted by atomic mass is 10.1. The molecule has 1 aromatic carbocycles. The Morgan fingerprint density at radius 3 is 2.33 bits per heavy atom. The molecule has 1 atom stereocenters. The summed E-state index contributed by atoms with van der Waals surface area (Å²) in [5, 5.41) is 8.80. The number of sulfonamides is 1. The third-order valence-electron chi connectivity index (χ3n) is 2.86. The maximum absolute atomic E-state index is 12.6. The summed E-state index contributed by atoms with van der Waals surface area (Å²) in [7, 11) is -4.27. The lowest BCUT2D eigenvalue weighted by Crippen LogP contribution is -2.41. The van der Waals surface area contributed by atoms with Gasteiger partial charge in [-0.15, -0.1) is 0 Å². The minimum atomic E-state index is -4.68. The van der Waals surface area contributed by atoms with Crippen molar-refractivity contribution in [2.45, 2.75) is 31.0 Å². The Kier molecular flexibility index (Phi) is 5.65. The minimum absolute atomic E-state index is 0.241. The molecule has 0 spiro atoms. The summed E-state index contributed by atoms with van der Waals surface area (Å²) in [5.74, 6) is -0.241. The summed E-state index contributed by atoms with van der Waals surface area (Å²) < 4.78 is 64.4. The van der Waals surface area contributed by atoms with Crippen molar-refractivity contribution in [2.75, 3.05) is 6.61 Å². The van der Waals surface area contributed by atoms with E-state index in [0.29, 0.717) is 12.1 Å². The predicted molar refractivity (Wildman–Crippen MR) is 72.5 cm³/mol. The van der Waals surface area contributed by atoms with Gasteiger partial charge in [0.1, 0.15) is 4.90 Å². The number of alkyl halides is 3. The molecule has 0 aliphatic heterocycles. The molecule has 21 heavy (non-hydrogen) atoms. The van der Waals surface area contributed by atoms with Gasteiger partial charge in [0.15, 0.2) is 0 Å². The van der Waals surface area contributed by atoms with Crippen molar-refractivity contribution in [3.63, 3.8) is 0 Å². The van der Waals surface area contributed by atoms with Crippen LogP contribution in [0.1, 0.15) is 19.4 Å². The molecule has 0 saturated heterocycles. The third kappa shape index (κ3) is 4.57. The largest absolute Gasteiger partial charge is 0.416 e. The van der Waals surface area contributed by atoms with E-state index in [2.05, 4.69) is 4.72 Å². The fourth-order valence-electron chi connectivity index (χ4n) is 1.53. The van der Waals surface area contributed by atoms with E-state index in [4.69, 9.17) is 16.7 Å². The number of rotatable bonds is 5. The normalized spacial score (nSPS) is 14.5. The number of nitrogens with one attached hydrogen (secondary N) is 1. The average molecular weight is 346 g/mol. The van der Waals surface area contributed by atoms with Gasteiger partial charge >= 0.3 is 6.18 Å². The van der Waals surface area contributed by atoms with Gasteiger partial charge in [-0.1, -0.05) is 25.4 Å². The highest BCUT2D eigenvalue weighted by Crippen LogP contribution is 2.33. The molecule has 0 saturated carbocycles. The zero-order chi connectivity index (χ0) is 16.4. The monoisotopic (exact) mass is 345 g/mol. The maximum Gasteiger partial charge on any atom is 0.416 e. The summed E-state index contributed by atoms with van der Waals surface area (Å²) >= 11 is 5.69. The summed E-state index contributed by atoms with van der Waals surface area (Å²) in [5.41, 5.74) is -1.11. The van der Waals surface area contributed by atoms with Crippen LogP contribution in [-0.4, -0.2) is 26.2 Å². The SMILES string of the molecule is CC(C)[C@@H](CO)NS(=O)(=O)c1cc(C(F)(F)F)ccc1Cl. The molecule has 9 heteroatoms. The van der Waals surface area contributed by atoms with Gasteiger partial charge < -0.3 is 5.11 Å². The van der Waals surface area contributed by atoms with Crippen LogP contribution < -0.4 is 4.72 Å². The minimum Gasteiger partial charge on any atom is -0.395 e. The second-order valence-electron chi connectivity index (χ2n) is 4.80. The van der Waals surface area contributed by atoms with E-state index in [1.807, 2.05) is 0 Å². The van der Waals surface area contributed by atoms with Crippen LogP contribution in [0.15, 0.2) is 23.1 Å². The van der Waals surface area contributed by atoms with Gasteiger partial charge in [-0.2, -0.15) is 13.2 Å². The summed E-state index contributed by atoms with van der Waals surface area (Å²) in [4.78, 5) is -0.668. The van der Waals surface area contributed by atoms with E-state index in [0.717, 1.165) is 6.07 Å². The van der Waals surface area contributed by atoms with Crippen molar-refractivity contribution >= 4 is 21.6 Å². The first-order valence-corrected chi connectivity index (χ1v) is 7.85. The Balaban J connectivity index is 3.25.